The Morgan fingerprint density at radius 1 is 0.907 bits per heavy atom. The summed E-state index contributed by atoms with van der Waals surface area (Å²) in [5, 5.41) is 0. The summed E-state index contributed by atoms with van der Waals surface area (Å²) in [6.07, 6.45) is -8.78. The van der Waals surface area contributed by atoms with Gasteiger partial charge in [0, 0.05) is 44.9 Å². The van der Waals surface area contributed by atoms with Crippen molar-refractivity contribution >= 4 is 5.91 Å². The molecule has 0 aromatic heterocycles. The molecule has 0 saturated carbocycles. The standard InChI is InChI=1S/C31H39F6N3O3/c1-21-5-6-23(13-22(21)2)14-27-18-38(7-4-8-39-11-12-43-20-28(39)19-42-3)9-10-40(27)29(41)24-15-25(30(32,33)34)17-26(16-24)31(35,36)37/h5-6,13,15-17,27-28H,4,7-12,14,18-20H2,1-3H3/t27-,28-/m1/s1. The van der Waals surface area contributed by atoms with Crippen LogP contribution >= 0.6 is 0 Å². The van der Waals surface area contributed by atoms with Crippen molar-refractivity contribution in [2.24, 2.45) is 0 Å². The normalized spacial score (nSPS) is 20.9. The second-order valence-corrected chi connectivity index (χ2v) is 11.4. The summed E-state index contributed by atoms with van der Waals surface area (Å²) in [6.45, 7) is 9.28. The average molecular weight is 616 g/mol. The van der Waals surface area contributed by atoms with Gasteiger partial charge < -0.3 is 14.4 Å². The van der Waals surface area contributed by atoms with E-state index in [0.717, 1.165) is 42.7 Å². The highest BCUT2D eigenvalue weighted by atomic mass is 19.4. The minimum atomic E-state index is -5.03. The molecule has 1 amide bonds. The van der Waals surface area contributed by atoms with Gasteiger partial charge in [0.1, 0.15) is 0 Å². The molecule has 2 heterocycles. The summed E-state index contributed by atoms with van der Waals surface area (Å²) in [5.74, 6) is -0.833. The number of amides is 1. The number of halogens is 6. The van der Waals surface area contributed by atoms with Crippen LogP contribution in [-0.2, 0) is 28.2 Å². The van der Waals surface area contributed by atoms with E-state index in [1.807, 2.05) is 32.0 Å². The van der Waals surface area contributed by atoms with Crippen LogP contribution in [0.1, 0.15) is 44.6 Å². The topological polar surface area (TPSA) is 45.3 Å². The first kappa shape index (κ1) is 33.2. The Kier molecular flexibility index (Phi) is 10.8. The van der Waals surface area contributed by atoms with Crippen molar-refractivity contribution in [2.45, 2.75) is 51.1 Å². The molecule has 0 spiro atoms. The number of ether oxygens (including phenoxy) is 2. The van der Waals surface area contributed by atoms with Gasteiger partial charge in [0.2, 0.25) is 0 Å². The van der Waals surface area contributed by atoms with E-state index in [9.17, 15) is 31.1 Å². The molecule has 12 heteroatoms. The quantitative estimate of drug-likeness (QED) is 0.352. The maximum Gasteiger partial charge on any atom is 0.416 e. The Hall–Kier alpha value is -2.67. The van der Waals surface area contributed by atoms with E-state index in [4.69, 9.17) is 9.47 Å². The third-order valence-electron chi connectivity index (χ3n) is 8.33. The molecular formula is C31H39F6N3O3. The van der Waals surface area contributed by atoms with E-state index in [2.05, 4.69) is 9.80 Å². The number of carbonyl (C=O) groups is 1. The number of rotatable bonds is 9. The van der Waals surface area contributed by atoms with Gasteiger partial charge in [0.25, 0.3) is 5.91 Å². The van der Waals surface area contributed by atoms with Crippen LogP contribution in [-0.4, -0.2) is 98.9 Å². The molecule has 4 rings (SSSR count). The van der Waals surface area contributed by atoms with Gasteiger partial charge in [-0.2, -0.15) is 26.3 Å². The minimum absolute atomic E-state index is 0.0485. The van der Waals surface area contributed by atoms with Crippen molar-refractivity contribution in [3.63, 3.8) is 0 Å². The summed E-state index contributed by atoms with van der Waals surface area (Å²) < 4.78 is 92.1. The molecule has 0 radical (unpaired) electrons. The van der Waals surface area contributed by atoms with Crippen molar-refractivity contribution < 1.29 is 40.6 Å². The minimum Gasteiger partial charge on any atom is -0.383 e. The smallest absolute Gasteiger partial charge is 0.383 e. The van der Waals surface area contributed by atoms with E-state index in [0.29, 0.717) is 51.5 Å². The summed E-state index contributed by atoms with van der Waals surface area (Å²) >= 11 is 0. The molecule has 0 N–H and O–H groups in total. The second kappa shape index (κ2) is 14.0. The number of carbonyl (C=O) groups excluding carboxylic acids is 1. The Labute approximate surface area is 248 Å². The number of alkyl halides is 6. The Morgan fingerprint density at radius 2 is 1.60 bits per heavy atom. The lowest BCUT2D eigenvalue weighted by Crippen LogP contribution is -2.56. The fourth-order valence-electron chi connectivity index (χ4n) is 5.84. The molecule has 2 fully saturated rings. The predicted molar refractivity (Wildman–Crippen MR) is 150 cm³/mol. The van der Waals surface area contributed by atoms with Crippen LogP contribution in [0.25, 0.3) is 0 Å². The molecule has 0 unspecified atom stereocenters. The molecule has 6 nitrogen and oxygen atoms in total. The molecule has 2 aromatic rings. The lowest BCUT2D eigenvalue weighted by atomic mass is 9.97. The molecular weight excluding hydrogens is 576 g/mol. The fourth-order valence-corrected chi connectivity index (χ4v) is 5.84. The van der Waals surface area contributed by atoms with Crippen molar-refractivity contribution in [3.05, 3.63) is 69.8 Å². The maximum atomic E-state index is 13.6. The van der Waals surface area contributed by atoms with Crippen molar-refractivity contribution in [3.8, 4) is 0 Å². The third-order valence-corrected chi connectivity index (χ3v) is 8.33. The van der Waals surface area contributed by atoms with Gasteiger partial charge in [0.15, 0.2) is 0 Å². The van der Waals surface area contributed by atoms with Gasteiger partial charge in [-0.05, 0) is 74.7 Å². The third kappa shape index (κ3) is 8.71. The van der Waals surface area contributed by atoms with Gasteiger partial charge in [-0.3, -0.25) is 14.6 Å². The average Bonchev–Trinajstić information content (AvgIpc) is 2.95. The number of hydrogen-bond donors (Lipinski definition) is 0. The summed E-state index contributed by atoms with van der Waals surface area (Å²) in [4.78, 5) is 19.6. The van der Waals surface area contributed by atoms with E-state index in [-0.39, 0.29) is 18.7 Å². The SMILES string of the molecule is COC[C@@H]1COCCN1CCCN1CCN(C(=O)c2cc(C(F)(F)F)cc(C(F)(F)F)c2)[C@H](Cc2ccc(C)c(C)c2)C1. The van der Waals surface area contributed by atoms with Crippen molar-refractivity contribution in [1.82, 2.24) is 14.7 Å². The first-order chi connectivity index (χ1) is 20.3. The van der Waals surface area contributed by atoms with Gasteiger partial charge in [-0.15, -0.1) is 0 Å². The zero-order valence-corrected chi connectivity index (χ0v) is 24.7. The largest absolute Gasteiger partial charge is 0.416 e. The first-order valence-corrected chi connectivity index (χ1v) is 14.5. The van der Waals surface area contributed by atoms with E-state index < -0.39 is 41.0 Å². The van der Waals surface area contributed by atoms with Gasteiger partial charge in [0.05, 0.1) is 37.0 Å². The van der Waals surface area contributed by atoms with Gasteiger partial charge >= 0.3 is 12.4 Å². The molecule has 2 aliphatic heterocycles. The van der Waals surface area contributed by atoms with E-state index >= 15 is 0 Å². The molecule has 0 bridgehead atoms. The Balaban J connectivity index is 1.54. The first-order valence-electron chi connectivity index (χ1n) is 14.5. The van der Waals surface area contributed by atoms with E-state index in [1.54, 1.807) is 7.11 Å². The Bertz CT molecular complexity index is 1220. The van der Waals surface area contributed by atoms with Gasteiger partial charge in [-0.25, -0.2) is 0 Å². The number of aryl methyl sites for hydroxylation is 2. The van der Waals surface area contributed by atoms with Crippen LogP contribution in [0, 0.1) is 13.8 Å². The lowest BCUT2D eigenvalue weighted by Gasteiger charge is -2.42. The van der Waals surface area contributed by atoms with Crippen LogP contribution in [0.4, 0.5) is 26.3 Å². The zero-order valence-electron chi connectivity index (χ0n) is 24.7. The molecule has 238 valence electrons. The van der Waals surface area contributed by atoms with Crippen molar-refractivity contribution in [1.29, 1.82) is 0 Å². The number of hydrogen-bond acceptors (Lipinski definition) is 5. The maximum absolute atomic E-state index is 13.6. The van der Waals surface area contributed by atoms with Crippen molar-refractivity contribution in [2.75, 3.05) is 66.2 Å². The Morgan fingerprint density at radius 3 is 2.23 bits per heavy atom. The summed E-state index contributed by atoms with van der Waals surface area (Å²) in [7, 11) is 1.66. The molecule has 43 heavy (non-hydrogen) atoms. The molecule has 2 atom stereocenters. The highest BCUT2D eigenvalue weighted by Gasteiger charge is 2.39. The van der Waals surface area contributed by atoms with Gasteiger partial charge in [-0.1, -0.05) is 18.2 Å². The van der Waals surface area contributed by atoms with Crippen LogP contribution in [0.5, 0.6) is 0 Å². The fraction of sp³-hybridized carbons (Fsp3) is 0.581. The van der Waals surface area contributed by atoms with Crippen LogP contribution < -0.4 is 0 Å². The monoisotopic (exact) mass is 615 g/mol. The number of morpholine rings is 1. The predicted octanol–water partition coefficient (Wildman–Crippen LogP) is 5.45. The molecule has 2 saturated heterocycles. The number of piperazine rings is 1. The lowest BCUT2D eigenvalue weighted by molar-refractivity contribution is -0.143. The number of methoxy groups -OCH3 is 1. The highest BCUT2D eigenvalue weighted by molar-refractivity contribution is 5.95. The molecule has 0 aliphatic carbocycles. The number of nitrogens with zero attached hydrogens (tertiary/aromatic N) is 3. The number of benzene rings is 2. The summed E-state index contributed by atoms with van der Waals surface area (Å²) in [5.41, 5.74) is -0.497. The van der Waals surface area contributed by atoms with Crippen LogP contribution in [0.2, 0.25) is 0 Å². The molecule has 2 aliphatic rings. The van der Waals surface area contributed by atoms with Crippen LogP contribution in [0.3, 0.4) is 0 Å². The van der Waals surface area contributed by atoms with E-state index in [1.165, 1.54) is 4.90 Å². The zero-order chi connectivity index (χ0) is 31.4. The second-order valence-electron chi connectivity index (χ2n) is 11.4. The highest BCUT2D eigenvalue weighted by Crippen LogP contribution is 2.37. The van der Waals surface area contributed by atoms with Crippen LogP contribution in [0.15, 0.2) is 36.4 Å². The molecule has 2 aromatic carbocycles. The summed E-state index contributed by atoms with van der Waals surface area (Å²) in [6, 6.07) is 6.77.